The Kier molecular flexibility index (Phi) is 7.60. The van der Waals surface area contributed by atoms with Gasteiger partial charge in [-0.05, 0) is 62.2 Å². The van der Waals surface area contributed by atoms with Crippen LogP contribution >= 0.6 is 23.2 Å². The van der Waals surface area contributed by atoms with Crippen molar-refractivity contribution in [2.45, 2.75) is 19.8 Å². The van der Waals surface area contributed by atoms with Gasteiger partial charge in [0.2, 0.25) is 0 Å². The van der Waals surface area contributed by atoms with Crippen LogP contribution in [0.4, 0.5) is 5.69 Å². The van der Waals surface area contributed by atoms with Gasteiger partial charge in [0.1, 0.15) is 0 Å². The Labute approximate surface area is 177 Å². The van der Waals surface area contributed by atoms with E-state index in [1.807, 2.05) is 0 Å². The Hall–Kier alpha value is -1.75. The number of carbonyl (C=O) groups is 1. The lowest BCUT2D eigenvalue weighted by atomic mass is 10.2. The Balaban J connectivity index is 1.33. The van der Waals surface area contributed by atoms with Crippen molar-refractivity contribution < 1.29 is 4.79 Å². The molecule has 0 aliphatic carbocycles. The molecule has 28 heavy (non-hydrogen) atoms. The second-order valence-electron chi connectivity index (χ2n) is 7.25. The van der Waals surface area contributed by atoms with E-state index in [0.717, 1.165) is 45.6 Å². The van der Waals surface area contributed by atoms with Crippen molar-refractivity contribution in [2.75, 3.05) is 44.2 Å². The van der Waals surface area contributed by atoms with Crippen LogP contribution in [0.2, 0.25) is 10.0 Å². The van der Waals surface area contributed by atoms with Gasteiger partial charge in [-0.2, -0.15) is 0 Å². The third-order valence-corrected chi connectivity index (χ3v) is 5.66. The normalized spacial score (nSPS) is 14.9. The highest BCUT2D eigenvalue weighted by Crippen LogP contribution is 2.20. The number of rotatable bonds is 7. The largest absolute Gasteiger partial charge is 0.369 e. The lowest BCUT2D eigenvalue weighted by molar-refractivity contribution is 0.0952. The molecule has 150 valence electrons. The summed E-state index contributed by atoms with van der Waals surface area (Å²) in [7, 11) is 0. The molecule has 0 radical (unpaired) electrons. The minimum atomic E-state index is -0.167. The highest BCUT2D eigenvalue weighted by atomic mass is 35.5. The maximum Gasteiger partial charge on any atom is 0.252 e. The van der Waals surface area contributed by atoms with E-state index in [1.165, 1.54) is 11.3 Å². The number of halogens is 2. The molecule has 0 atom stereocenters. The van der Waals surface area contributed by atoms with Gasteiger partial charge in [0.25, 0.3) is 5.91 Å². The number of nitrogens with zero attached hydrogens (tertiary/aromatic N) is 2. The monoisotopic (exact) mass is 419 g/mol. The fraction of sp³-hybridized carbons (Fsp3) is 0.409. The van der Waals surface area contributed by atoms with Gasteiger partial charge < -0.3 is 10.2 Å². The molecular weight excluding hydrogens is 393 g/mol. The molecule has 1 saturated heterocycles. The van der Waals surface area contributed by atoms with Crippen molar-refractivity contribution in [1.82, 2.24) is 10.2 Å². The minimum Gasteiger partial charge on any atom is -0.369 e. The molecule has 0 unspecified atom stereocenters. The zero-order chi connectivity index (χ0) is 19.9. The molecule has 0 spiro atoms. The summed E-state index contributed by atoms with van der Waals surface area (Å²) in [5.74, 6) is -0.167. The Morgan fingerprint density at radius 1 is 1.04 bits per heavy atom. The zero-order valence-electron chi connectivity index (χ0n) is 16.3. The number of carbonyl (C=O) groups excluding carboxylic acids is 1. The van der Waals surface area contributed by atoms with Crippen LogP contribution in [0.25, 0.3) is 0 Å². The van der Waals surface area contributed by atoms with Crippen molar-refractivity contribution in [3.8, 4) is 0 Å². The second-order valence-corrected chi connectivity index (χ2v) is 8.10. The van der Waals surface area contributed by atoms with E-state index < -0.39 is 0 Å². The molecular formula is C22H27Cl2N3O. The molecule has 1 N–H and O–H groups in total. The summed E-state index contributed by atoms with van der Waals surface area (Å²) < 4.78 is 0. The number of unbranched alkanes of at least 4 members (excludes halogenated alkanes) is 1. The first-order chi connectivity index (χ1) is 13.5. The SMILES string of the molecule is Cc1cccc(N2CCN(CCCCNC(=O)c3cc(Cl)ccc3Cl)CC2)c1. The van der Waals surface area contributed by atoms with E-state index in [9.17, 15) is 4.79 Å². The number of hydrogen-bond donors (Lipinski definition) is 1. The molecule has 2 aromatic carbocycles. The van der Waals surface area contributed by atoms with Gasteiger partial charge in [0.15, 0.2) is 0 Å². The Morgan fingerprint density at radius 2 is 1.82 bits per heavy atom. The summed E-state index contributed by atoms with van der Waals surface area (Å²) in [6.45, 7) is 8.14. The van der Waals surface area contributed by atoms with Crippen molar-refractivity contribution in [1.29, 1.82) is 0 Å². The first-order valence-electron chi connectivity index (χ1n) is 9.80. The average Bonchev–Trinajstić information content (AvgIpc) is 2.70. The molecule has 4 nitrogen and oxygen atoms in total. The number of benzene rings is 2. The highest BCUT2D eigenvalue weighted by Gasteiger charge is 2.17. The summed E-state index contributed by atoms with van der Waals surface area (Å²) in [5, 5.41) is 3.87. The van der Waals surface area contributed by atoms with Crippen LogP contribution in [-0.4, -0.2) is 50.1 Å². The van der Waals surface area contributed by atoms with Gasteiger partial charge in [0, 0.05) is 43.4 Å². The molecule has 1 heterocycles. The van der Waals surface area contributed by atoms with Crippen molar-refractivity contribution in [3.05, 3.63) is 63.6 Å². The Morgan fingerprint density at radius 3 is 2.57 bits per heavy atom. The quantitative estimate of drug-likeness (QED) is 0.664. The third-order valence-electron chi connectivity index (χ3n) is 5.10. The summed E-state index contributed by atoms with van der Waals surface area (Å²) in [6, 6.07) is 13.6. The van der Waals surface area contributed by atoms with Gasteiger partial charge >= 0.3 is 0 Å². The summed E-state index contributed by atoms with van der Waals surface area (Å²) in [6.07, 6.45) is 2.01. The molecule has 6 heteroatoms. The molecule has 1 aliphatic heterocycles. The average molecular weight is 420 g/mol. The van der Waals surface area contributed by atoms with Crippen molar-refractivity contribution in [3.63, 3.8) is 0 Å². The Bertz CT molecular complexity index is 804. The molecule has 1 amide bonds. The smallest absolute Gasteiger partial charge is 0.252 e. The molecule has 1 aliphatic rings. The van der Waals surface area contributed by atoms with E-state index in [0.29, 0.717) is 22.2 Å². The highest BCUT2D eigenvalue weighted by molar-refractivity contribution is 6.35. The number of hydrogen-bond acceptors (Lipinski definition) is 3. The van der Waals surface area contributed by atoms with Crippen LogP contribution in [0.15, 0.2) is 42.5 Å². The lowest BCUT2D eigenvalue weighted by Gasteiger charge is -2.36. The van der Waals surface area contributed by atoms with E-state index in [-0.39, 0.29) is 5.91 Å². The van der Waals surface area contributed by atoms with Gasteiger partial charge in [0.05, 0.1) is 10.6 Å². The first kappa shape index (κ1) is 21.0. The first-order valence-corrected chi connectivity index (χ1v) is 10.6. The van der Waals surface area contributed by atoms with Crippen LogP contribution in [0.1, 0.15) is 28.8 Å². The third kappa shape index (κ3) is 5.87. The van der Waals surface area contributed by atoms with Gasteiger partial charge in [-0.3, -0.25) is 9.69 Å². The lowest BCUT2D eigenvalue weighted by Crippen LogP contribution is -2.46. The predicted molar refractivity (Wildman–Crippen MR) is 118 cm³/mol. The fourth-order valence-electron chi connectivity index (χ4n) is 3.48. The number of amides is 1. The number of nitrogens with one attached hydrogen (secondary N) is 1. The molecule has 0 saturated carbocycles. The van der Waals surface area contributed by atoms with Gasteiger partial charge in [-0.15, -0.1) is 0 Å². The molecule has 1 fully saturated rings. The van der Waals surface area contributed by atoms with Gasteiger partial charge in [-0.1, -0.05) is 35.3 Å². The minimum absolute atomic E-state index is 0.167. The van der Waals surface area contributed by atoms with E-state index >= 15 is 0 Å². The standard InChI is InChI=1S/C22H27Cl2N3O/c1-17-5-4-6-19(15-17)27-13-11-26(12-14-27)10-3-2-9-25-22(28)20-16-18(23)7-8-21(20)24/h4-8,15-16H,2-3,9-14H2,1H3,(H,25,28). The molecule has 0 aromatic heterocycles. The maximum absolute atomic E-state index is 12.2. The van der Waals surface area contributed by atoms with Crippen LogP contribution in [0.5, 0.6) is 0 Å². The molecule has 2 aromatic rings. The maximum atomic E-state index is 12.2. The molecule has 3 rings (SSSR count). The predicted octanol–water partition coefficient (Wildman–Crippen LogP) is 4.63. The summed E-state index contributed by atoms with van der Waals surface area (Å²) >= 11 is 12.0. The number of piperazine rings is 1. The summed E-state index contributed by atoms with van der Waals surface area (Å²) in [4.78, 5) is 17.2. The van der Waals surface area contributed by atoms with E-state index in [1.54, 1.807) is 18.2 Å². The topological polar surface area (TPSA) is 35.6 Å². The van der Waals surface area contributed by atoms with E-state index in [4.69, 9.17) is 23.2 Å². The fourth-order valence-corrected chi connectivity index (χ4v) is 3.86. The van der Waals surface area contributed by atoms with Crippen LogP contribution < -0.4 is 10.2 Å². The van der Waals surface area contributed by atoms with Crippen molar-refractivity contribution >= 4 is 34.8 Å². The van der Waals surface area contributed by atoms with Crippen molar-refractivity contribution in [2.24, 2.45) is 0 Å². The summed E-state index contributed by atoms with van der Waals surface area (Å²) in [5.41, 5.74) is 3.06. The number of aryl methyl sites for hydroxylation is 1. The van der Waals surface area contributed by atoms with Crippen LogP contribution in [0.3, 0.4) is 0 Å². The second kappa shape index (κ2) is 10.1. The van der Waals surface area contributed by atoms with E-state index in [2.05, 4.69) is 46.3 Å². The van der Waals surface area contributed by atoms with Crippen LogP contribution in [-0.2, 0) is 0 Å². The number of anilines is 1. The molecule has 0 bridgehead atoms. The van der Waals surface area contributed by atoms with Crippen LogP contribution in [0, 0.1) is 6.92 Å². The zero-order valence-corrected chi connectivity index (χ0v) is 17.8. The van der Waals surface area contributed by atoms with Gasteiger partial charge in [-0.25, -0.2) is 0 Å².